The number of non-ortho nitro benzene ring substituents is 1. The van der Waals surface area contributed by atoms with E-state index in [-0.39, 0.29) is 5.69 Å². The molecule has 0 saturated carbocycles. The third kappa shape index (κ3) is 5.11. The maximum absolute atomic E-state index is 13.4. The number of nitrogens with two attached hydrogens (primary N) is 1. The van der Waals surface area contributed by atoms with Crippen molar-refractivity contribution in [1.82, 2.24) is 9.97 Å². The molecule has 3 aromatic heterocycles. The minimum absolute atomic E-state index is 0.0332. The van der Waals surface area contributed by atoms with Gasteiger partial charge in [0.25, 0.3) is 11.6 Å². The summed E-state index contributed by atoms with van der Waals surface area (Å²) >= 11 is 2.43. The molecule has 6 rings (SSSR count). The Labute approximate surface area is 242 Å². The summed E-state index contributed by atoms with van der Waals surface area (Å²) in [4.78, 5) is 34.4. The maximum atomic E-state index is 13.4. The second kappa shape index (κ2) is 10.8. The van der Waals surface area contributed by atoms with Gasteiger partial charge in [-0.1, -0.05) is 54.6 Å². The number of aromatic nitrogens is 2. The molecule has 202 valence electrons. The first-order valence-electron chi connectivity index (χ1n) is 12.4. The van der Waals surface area contributed by atoms with Gasteiger partial charge in [0, 0.05) is 34.0 Å². The number of fused-ring (bicyclic) bond motifs is 1. The van der Waals surface area contributed by atoms with Gasteiger partial charge in [-0.05, 0) is 29.3 Å². The molecule has 0 fully saturated rings. The van der Waals surface area contributed by atoms with Crippen molar-refractivity contribution in [2.45, 2.75) is 0 Å². The zero-order valence-electron chi connectivity index (χ0n) is 21.5. The fourth-order valence-electron chi connectivity index (χ4n) is 4.44. The summed E-state index contributed by atoms with van der Waals surface area (Å²) in [6, 6.07) is 25.6. The molecule has 0 saturated heterocycles. The molecule has 11 heteroatoms. The number of thiophene rings is 1. The van der Waals surface area contributed by atoms with Gasteiger partial charge in [0.15, 0.2) is 5.13 Å². The number of nitrogen functional groups attached to an aromatic ring is 1. The van der Waals surface area contributed by atoms with Gasteiger partial charge in [-0.15, -0.1) is 22.7 Å². The third-order valence-corrected chi connectivity index (χ3v) is 8.31. The number of nitro groups is 1. The molecule has 6 aromatic rings. The van der Waals surface area contributed by atoms with E-state index in [1.54, 1.807) is 24.6 Å². The number of amides is 1. The fraction of sp³-hybridized carbons (Fsp3) is 0.0333. The van der Waals surface area contributed by atoms with Crippen molar-refractivity contribution in [3.8, 4) is 39.4 Å². The Balaban J connectivity index is 1.38. The van der Waals surface area contributed by atoms with Crippen LogP contribution in [0.25, 0.3) is 43.9 Å². The lowest BCUT2D eigenvalue weighted by Gasteiger charge is -2.09. The van der Waals surface area contributed by atoms with Crippen molar-refractivity contribution in [3.05, 3.63) is 105 Å². The van der Waals surface area contributed by atoms with Crippen LogP contribution in [0.5, 0.6) is 5.75 Å². The van der Waals surface area contributed by atoms with Gasteiger partial charge in [0.05, 0.1) is 29.1 Å². The summed E-state index contributed by atoms with van der Waals surface area (Å²) < 4.78 is 5.32. The number of rotatable bonds is 7. The minimum Gasteiger partial charge on any atom is -0.497 e. The molecule has 0 radical (unpaired) electrons. The lowest BCUT2D eigenvalue weighted by Crippen LogP contribution is -2.11. The molecule has 0 aliphatic heterocycles. The van der Waals surface area contributed by atoms with Gasteiger partial charge in [-0.3, -0.25) is 20.2 Å². The second-order valence-electron chi connectivity index (χ2n) is 8.97. The van der Waals surface area contributed by atoms with Gasteiger partial charge < -0.3 is 10.5 Å². The van der Waals surface area contributed by atoms with Crippen molar-refractivity contribution in [2.24, 2.45) is 0 Å². The zero-order chi connectivity index (χ0) is 28.5. The topological polar surface area (TPSA) is 133 Å². The summed E-state index contributed by atoms with van der Waals surface area (Å²) in [5.41, 5.74) is 11.5. The Morgan fingerprint density at radius 3 is 2.41 bits per heavy atom. The predicted molar refractivity (Wildman–Crippen MR) is 164 cm³/mol. The number of methoxy groups -OCH3 is 1. The van der Waals surface area contributed by atoms with Crippen molar-refractivity contribution in [2.75, 3.05) is 18.2 Å². The highest BCUT2D eigenvalue weighted by atomic mass is 32.1. The number of pyridine rings is 1. The fourth-order valence-corrected chi connectivity index (χ4v) is 6.17. The van der Waals surface area contributed by atoms with Crippen LogP contribution in [-0.4, -0.2) is 27.9 Å². The number of nitrogens with one attached hydrogen (secondary N) is 1. The van der Waals surface area contributed by atoms with Crippen LogP contribution >= 0.6 is 22.7 Å². The van der Waals surface area contributed by atoms with E-state index >= 15 is 0 Å². The number of anilines is 2. The smallest absolute Gasteiger partial charge is 0.270 e. The van der Waals surface area contributed by atoms with Gasteiger partial charge >= 0.3 is 0 Å². The van der Waals surface area contributed by atoms with E-state index < -0.39 is 10.8 Å². The molecule has 0 unspecified atom stereocenters. The van der Waals surface area contributed by atoms with E-state index in [1.807, 2.05) is 60.7 Å². The Bertz CT molecular complexity index is 1920. The number of thiazole rings is 1. The highest BCUT2D eigenvalue weighted by Crippen LogP contribution is 2.42. The molecule has 0 aliphatic carbocycles. The molecule has 3 aromatic carbocycles. The van der Waals surface area contributed by atoms with Crippen LogP contribution in [0.3, 0.4) is 0 Å². The highest BCUT2D eigenvalue weighted by molar-refractivity contribution is 7.21. The van der Waals surface area contributed by atoms with Crippen molar-refractivity contribution in [1.29, 1.82) is 0 Å². The Hall–Kier alpha value is -5.13. The number of carbonyl (C=O) groups excluding carboxylic acids is 1. The van der Waals surface area contributed by atoms with E-state index in [4.69, 9.17) is 15.5 Å². The van der Waals surface area contributed by atoms with Gasteiger partial charge in [-0.2, -0.15) is 0 Å². The number of hydrogen-bond donors (Lipinski definition) is 2. The summed E-state index contributed by atoms with van der Waals surface area (Å²) in [6.45, 7) is 0. The molecular formula is C30H21N5O4S2. The molecule has 3 heterocycles. The number of nitro benzene ring substituents is 1. The Morgan fingerprint density at radius 1 is 0.927 bits per heavy atom. The van der Waals surface area contributed by atoms with Crippen LogP contribution in [0.2, 0.25) is 0 Å². The average molecular weight is 580 g/mol. The number of nitrogens with zero attached hydrogens (tertiary/aromatic N) is 3. The summed E-state index contributed by atoms with van der Waals surface area (Å²) in [5, 5.41) is 16.8. The monoisotopic (exact) mass is 579 g/mol. The van der Waals surface area contributed by atoms with E-state index in [0.29, 0.717) is 37.2 Å². The van der Waals surface area contributed by atoms with Crippen molar-refractivity contribution < 1.29 is 14.5 Å². The largest absolute Gasteiger partial charge is 0.497 e. The lowest BCUT2D eigenvalue weighted by atomic mass is 9.99. The molecule has 1 amide bonds. The van der Waals surface area contributed by atoms with Gasteiger partial charge in [0.2, 0.25) is 0 Å². The molecule has 3 N–H and O–H groups in total. The van der Waals surface area contributed by atoms with Crippen LogP contribution in [0.15, 0.2) is 90.3 Å². The number of hydrogen-bond acceptors (Lipinski definition) is 9. The van der Waals surface area contributed by atoms with Gasteiger partial charge in [0.1, 0.15) is 15.5 Å². The van der Waals surface area contributed by atoms with Crippen LogP contribution in [0, 0.1) is 10.1 Å². The number of benzene rings is 3. The first-order chi connectivity index (χ1) is 19.9. The minimum atomic E-state index is -0.458. The third-order valence-electron chi connectivity index (χ3n) is 6.45. The van der Waals surface area contributed by atoms with Crippen LogP contribution in [-0.2, 0) is 0 Å². The second-order valence-corrected chi connectivity index (χ2v) is 10.8. The summed E-state index contributed by atoms with van der Waals surface area (Å²) in [5.74, 6) is 0.320. The normalized spacial score (nSPS) is 11.0. The first-order valence-corrected chi connectivity index (χ1v) is 14.1. The SMILES string of the molecule is COc1ccc(-c2cc(-c3ccccc3)nc3sc(C(=O)Nc4nc(-c5cccc([N+](=O)[O-])c5)cs4)c(N)c23)cc1. The van der Waals surface area contributed by atoms with E-state index in [2.05, 4.69) is 10.3 Å². The number of carbonyl (C=O) groups is 1. The van der Waals surface area contributed by atoms with Crippen molar-refractivity contribution in [3.63, 3.8) is 0 Å². The van der Waals surface area contributed by atoms with Crippen LogP contribution in [0.4, 0.5) is 16.5 Å². The Kier molecular flexibility index (Phi) is 6.88. The molecule has 0 atom stereocenters. The highest BCUT2D eigenvalue weighted by Gasteiger charge is 2.23. The molecule has 9 nitrogen and oxygen atoms in total. The molecule has 0 spiro atoms. The summed E-state index contributed by atoms with van der Waals surface area (Å²) in [6.07, 6.45) is 0. The molecule has 41 heavy (non-hydrogen) atoms. The molecule has 0 aliphatic rings. The molecule has 0 bridgehead atoms. The van der Waals surface area contributed by atoms with Crippen molar-refractivity contribution >= 4 is 55.3 Å². The standard InChI is InChI=1S/C30H21N5O4S2/c1-39-21-12-10-17(11-13-21)22-15-23(18-6-3-2-4-7-18)32-29-25(22)26(31)27(41-29)28(36)34-30-33-24(16-40-30)19-8-5-9-20(14-19)35(37)38/h2-16H,31H2,1H3,(H,33,34,36). The maximum Gasteiger partial charge on any atom is 0.270 e. The van der Waals surface area contributed by atoms with Crippen LogP contribution < -0.4 is 15.8 Å². The average Bonchev–Trinajstić information content (AvgIpc) is 3.61. The predicted octanol–water partition coefficient (Wildman–Crippen LogP) is 7.51. The van der Waals surface area contributed by atoms with E-state index in [9.17, 15) is 14.9 Å². The van der Waals surface area contributed by atoms with Crippen LogP contribution in [0.1, 0.15) is 9.67 Å². The lowest BCUT2D eigenvalue weighted by molar-refractivity contribution is -0.384. The first kappa shape index (κ1) is 26.1. The Morgan fingerprint density at radius 2 is 1.68 bits per heavy atom. The molecular weight excluding hydrogens is 558 g/mol. The summed E-state index contributed by atoms with van der Waals surface area (Å²) in [7, 11) is 1.62. The van der Waals surface area contributed by atoms with E-state index in [0.717, 1.165) is 28.1 Å². The number of ether oxygens (including phenoxy) is 1. The zero-order valence-corrected chi connectivity index (χ0v) is 23.2. The quantitative estimate of drug-likeness (QED) is 0.148. The van der Waals surface area contributed by atoms with E-state index in [1.165, 1.54) is 34.8 Å². The van der Waals surface area contributed by atoms with Gasteiger partial charge in [-0.25, -0.2) is 9.97 Å².